The summed E-state index contributed by atoms with van der Waals surface area (Å²) in [4.78, 5) is 51.2. The van der Waals surface area contributed by atoms with Gasteiger partial charge in [-0.25, -0.2) is 4.79 Å². The molecule has 12 nitrogen and oxygen atoms in total. The van der Waals surface area contributed by atoms with E-state index in [1.807, 2.05) is 0 Å². The fraction of sp³-hybridized carbons (Fsp3) is 0.731. The van der Waals surface area contributed by atoms with E-state index in [1.165, 1.54) is 64.2 Å². The van der Waals surface area contributed by atoms with Crippen LogP contribution in [0.4, 0.5) is 0 Å². The number of carbonyl (C=O) groups is 4. The summed E-state index contributed by atoms with van der Waals surface area (Å²) < 4.78 is 28.5. The quantitative estimate of drug-likeness (QED) is 0.0228. The van der Waals surface area contributed by atoms with Crippen LogP contribution in [0.2, 0.25) is 0 Å². The Kier molecular flexibility index (Phi) is 50.3. The number of aliphatic carboxylic acids is 1. The topological polar surface area (TPSA) is 175 Å². The molecule has 3 N–H and O–H groups in total. The monoisotopic (exact) mass is 1110 g/mol. The Bertz CT molecular complexity index is 1700. The number of hydrogen-bond acceptors (Lipinski definition) is 11. The van der Waals surface area contributed by atoms with Crippen LogP contribution in [0, 0.1) is 0 Å². The molecule has 1 saturated heterocycles. The van der Waals surface area contributed by atoms with E-state index in [0.29, 0.717) is 19.3 Å². The first-order valence-corrected chi connectivity index (χ1v) is 31.6. The number of ether oxygens (including phenoxy) is 5. The molecule has 6 unspecified atom stereocenters. The van der Waals surface area contributed by atoms with Crippen molar-refractivity contribution in [1.29, 1.82) is 0 Å². The van der Waals surface area contributed by atoms with E-state index >= 15 is 0 Å². The number of carboxylic acids is 1. The van der Waals surface area contributed by atoms with Crippen LogP contribution >= 0.6 is 0 Å². The Morgan fingerprint density at radius 1 is 0.430 bits per heavy atom. The molecule has 0 bridgehead atoms. The average molecular weight is 1110 g/mol. The Morgan fingerprint density at radius 3 is 1.28 bits per heavy atom. The number of unbranched alkanes of at least 4 members (excludes halogenated alkanes) is 25. The van der Waals surface area contributed by atoms with Gasteiger partial charge in [-0.1, -0.05) is 221 Å². The zero-order valence-electron chi connectivity index (χ0n) is 49.8. The third-order valence-electron chi connectivity index (χ3n) is 13.9. The van der Waals surface area contributed by atoms with E-state index in [0.717, 1.165) is 141 Å². The maximum Gasteiger partial charge on any atom is 0.335 e. The van der Waals surface area contributed by atoms with Gasteiger partial charge < -0.3 is 39.0 Å². The molecule has 1 heterocycles. The Hall–Kier alpha value is -4.10. The highest BCUT2D eigenvalue weighted by molar-refractivity contribution is 5.74. The molecule has 1 aliphatic heterocycles. The molecular formula is C67H112O12. The molecule has 0 aromatic carbocycles. The standard InChI is InChI=1S/C67H112O12/c1-4-7-10-13-16-19-22-25-27-29-30-32-34-37-40-43-46-49-52-55-61(70)78-65-63(72)62(71)64(66(73)74)79-67(65)76-57-58(77-60(69)54-51-48-45-42-39-35-24-21-18-15-12-9-6-3)56-75-59(68)53-50-47-44-41-38-36-33-31-28-26-23-20-17-14-11-8-5-2/h7,10,12,15-16,19,21,24-28,30,32,58,62-65,67,71-72H,4-6,8-9,11,13-14,17-18,20,22-23,29,31,33-57H2,1-3H3,(H,73,74)/b10-7-,15-12-,19-16-,24-21-,27-25-,28-26-,32-30-. The summed E-state index contributed by atoms with van der Waals surface area (Å²) >= 11 is 0. The largest absolute Gasteiger partial charge is 0.479 e. The molecule has 0 aromatic heterocycles. The molecule has 0 amide bonds. The smallest absolute Gasteiger partial charge is 0.335 e. The van der Waals surface area contributed by atoms with Crippen LogP contribution in [0.1, 0.15) is 265 Å². The van der Waals surface area contributed by atoms with Crippen LogP contribution in [0.3, 0.4) is 0 Å². The second-order valence-electron chi connectivity index (χ2n) is 21.3. The van der Waals surface area contributed by atoms with Crippen molar-refractivity contribution in [3.05, 3.63) is 85.1 Å². The zero-order chi connectivity index (χ0) is 57.5. The molecule has 1 aliphatic rings. The molecule has 0 saturated carbocycles. The highest BCUT2D eigenvalue weighted by Crippen LogP contribution is 2.26. The van der Waals surface area contributed by atoms with Gasteiger partial charge in [0.15, 0.2) is 24.6 Å². The molecule has 0 aromatic rings. The Balaban J connectivity index is 2.67. The van der Waals surface area contributed by atoms with E-state index in [-0.39, 0.29) is 25.9 Å². The number of carboxylic acid groups (broad SMARTS) is 1. The number of hydrogen-bond donors (Lipinski definition) is 3. The van der Waals surface area contributed by atoms with Gasteiger partial charge in [-0.15, -0.1) is 0 Å². The number of aliphatic hydroxyl groups is 2. The van der Waals surface area contributed by atoms with Gasteiger partial charge >= 0.3 is 23.9 Å². The lowest BCUT2D eigenvalue weighted by molar-refractivity contribution is -0.301. The SMILES string of the molecule is CC/C=C\C/C=C\C/C=C\C/C=C\CCCCCCCCC(=O)OC1C(OCC(COC(=O)CCCCCCCCC/C=C\CCCCCCCC)OC(=O)CCCCCCC/C=C\C/C=C\CCC)OC(C(=O)O)C(O)C1O. The third kappa shape index (κ3) is 44.3. The van der Waals surface area contributed by atoms with Crippen molar-refractivity contribution in [2.24, 2.45) is 0 Å². The molecule has 0 aliphatic carbocycles. The first kappa shape index (κ1) is 72.9. The molecule has 0 radical (unpaired) electrons. The lowest BCUT2D eigenvalue weighted by Crippen LogP contribution is -2.61. The summed E-state index contributed by atoms with van der Waals surface area (Å²) in [5.74, 6) is -3.16. The summed E-state index contributed by atoms with van der Waals surface area (Å²) in [7, 11) is 0. The van der Waals surface area contributed by atoms with Gasteiger partial charge in [0.2, 0.25) is 0 Å². The van der Waals surface area contributed by atoms with Crippen molar-refractivity contribution in [3.8, 4) is 0 Å². The van der Waals surface area contributed by atoms with Crippen LogP contribution in [-0.4, -0.2) is 89.2 Å². The fourth-order valence-electron chi connectivity index (χ4n) is 9.10. The summed E-state index contributed by atoms with van der Waals surface area (Å²) in [5, 5.41) is 31.6. The summed E-state index contributed by atoms with van der Waals surface area (Å²) in [6.45, 7) is 5.81. The first-order chi connectivity index (χ1) is 38.6. The zero-order valence-corrected chi connectivity index (χ0v) is 49.8. The predicted octanol–water partition coefficient (Wildman–Crippen LogP) is 16.7. The number of carbonyl (C=O) groups excluding carboxylic acids is 3. The predicted molar refractivity (Wildman–Crippen MR) is 321 cm³/mol. The van der Waals surface area contributed by atoms with Gasteiger partial charge in [0.05, 0.1) is 6.61 Å². The van der Waals surface area contributed by atoms with Crippen LogP contribution in [0.15, 0.2) is 85.1 Å². The Morgan fingerprint density at radius 2 is 0.823 bits per heavy atom. The second-order valence-corrected chi connectivity index (χ2v) is 21.3. The second kappa shape index (κ2) is 54.5. The average Bonchev–Trinajstić information content (AvgIpc) is 3.46. The Labute approximate surface area is 480 Å². The van der Waals surface area contributed by atoms with Crippen LogP contribution in [-0.2, 0) is 42.9 Å². The lowest BCUT2D eigenvalue weighted by Gasteiger charge is -2.40. The molecule has 1 fully saturated rings. The van der Waals surface area contributed by atoms with E-state index in [9.17, 15) is 34.5 Å². The number of esters is 3. The first-order valence-electron chi connectivity index (χ1n) is 31.6. The number of allylic oxidation sites excluding steroid dienone is 14. The fourth-order valence-corrected chi connectivity index (χ4v) is 9.10. The van der Waals surface area contributed by atoms with Gasteiger partial charge in [0.1, 0.15) is 18.8 Å². The summed E-state index contributed by atoms with van der Waals surface area (Å²) in [6.07, 6.45) is 58.2. The van der Waals surface area contributed by atoms with Crippen molar-refractivity contribution < 1.29 is 58.2 Å². The molecular weight excluding hydrogens is 997 g/mol. The van der Waals surface area contributed by atoms with Gasteiger partial charge in [-0.3, -0.25) is 14.4 Å². The van der Waals surface area contributed by atoms with Crippen LogP contribution < -0.4 is 0 Å². The van der Waals surface area contributed by atoms with Gasteiger partial charge in [0.25, 0.3) is 0 Å². The van der Waals surface area contributed by atoms with Crippen molar-refractivity contribution in [1.82, 2.24) is 0 Å². The van der Waals surface area contributed by atoms with E-state index in [4.69, 9.17) is 23.7 Å². The molecule has 79 heavy (non-hydrogen) atoms. The minimum absolute atomic E-state index is 0.0395. The van der Waals surface area contributed by atoms with Crippen molar-refractivity contribution in [3.63, 3.8) is 0 Å². The van der Waals surface area contributed by atoms with Crippen molar-refractivity contribution >= 4 is 23.9 Å². The molecule has 452 valence electrons. The minimum atomic E-state index is -1.91. The molecule has 12 heteroatoms. The third-order valence-corrected chi connectivity index (χ3v) is 13.9. The highest BCUT2D eigenvalue weighted by atomic mass is 16.7. The van der Waals surface area contributed by atoms with Crippen molar-refractivity contribution in [2.75, 3.05) is 13.2 Å². The molecule has 0 spiro atoms. The summed E-state index contributed by atoms with van der Waals surface area (Å²) in [5.41, 5.74) is 0. The lowest BCUT2D eigenvalue weighted by atomic mass is 9.98. The number of rotatable bonds is 53. The maximum atomic E-state index is 13.2. The van der Waals surface area contributed by atoms with Crippen LogP contribution in [0.25, 0.3) is 0 Å². The number of aliphatic hydroxyl groups excluding tert-OH is 2. The normalized spacial score (nSPS) is 18.4. The maximum absolute atomic E-state index is 13.2. The van der Waals surface area contributed by atoms with Gasteiger partial charge in [-0.2, -0.15) is 0 Å². The van der Waals surface area contributed by atoms with Crippen LogP contribution in [0.5, 0.6) is 0 Å². The van der Waals surface area contributed by atoms with E-state index < -0.39 is 67.3 Å². The molecule has 6 atom stereocenters. The van der Waals surface area contributed by atoms with Gasteiger partial charge in [-0.05, 0) is 109 Å². The van der Waals surface area contributed by atoms with Gasteiger partial charge in [0, 0.05) is 19.3 Å². The van der Waals surface area contributed by atoms with Crippen molar-refractivity contribution in [2.45, 2.75) is 302 Å². The highest BCUT2D eigenvalue weighted by Gasteiger charge is 2.50. The van der Waals surface area contributed by atoms with E-state index in [1.54, 1.807) is 0 Å². The summed E-state index contributed by atoms with van der Waals surface area (Å²) in [6, 6.07) is 0. The minimum Gasteiger partial charge on any atom is -0.479 e. The molecule has 1 rings (SSSR count). The van der Waals surface area contributed by atoms with E-state index in [2.05, 4.69) is 106 Å².